The van der Waals surface area contributed by atoms with Crippen LogP contribution in [0.2, 0.25) is 0 Å². The molecule has 0 bridgehead atoms. The predicted molar refractivity (Wildman–Crippen MR) is 69.9 cm³/mol. The first-order valence-electron chi connectivity index (χ1n) is 6.02. The number of aliphatic hydroxyl groups excluding tert-OH is 1. The molecule has 0 aromatic heterocycles. The van der Waals surface area contributed by atoms with E-state index in [-0.39, 0.29) is 5.54 Å². The maximum absolute atomic E-state index is 9.70. The fourth-order valence-corrected chi connectivity index (χ4v) is 1.37. The second kappa shape index (κ2) is 6.74. The lowest BCUT2D eigenvalue weighted by Crippen LogP contribution is -2.42. The average molecular weight is 237 g/mol. The maximum Gasteiger partial charge on any atom is 0.0898 e. The molecule has 1 aromatic carbocycles. The van der Waals surface area contributed by atoms with E-state index in [1.165, 1.54) is 0 Å². The molecule has 1 unspecified atom stereocenters. The summed E-state index contributed by atoms with van der Waals surface area (Å²) >= 11 is 0. The van der Waals surface area contributed by atoms with Crippen molar-refractivity contribution in [3.63, 3.8) is 0 Å². The van der Waals surface area contributed by atoms with Gasteiger partial charge in [0.05, 0.1) is 19.3 Å². The van der Waals surface area contributed by atoms with Crippen LogP contribution < -0.4 is 5.32 Å². The van der Waals surface area contributed by atoms with E-state index in [4.69, 9.17) is 4.74 Å². The SMILES string of the molecule is CC(C)(C)NCC(O)COCc1ccccc1. The van der Waals surface area contributed by atoms with Gasteiger partial charge in [-0.1, -0.05) is 30.3 Å². The van der Waals surface area contributed by atoms with E-state index >= 15 is 0 Å². The van der Waals surface area contributed by atoms with Gasteiger partial charge in [0.2, 0.25) is 0 Å². The standard InChI is InChI=1S/C14H23NO2/c1-14(2,3)15-9-13(16)11-17-10-12-7-5-4-6-8-12/h4-8,13,15-16H,9-11H2,1-3H3. The van der Waals surface area contributed by atoms with Crippen LogP contribution in [-0.2, 0) is 11.3 Å². The van der Waals surface area contributed by atoms with Crippen molar-refractivity contribution in [1.82, 2.24) is 5.32 Å². The Hall–Kier alpha value is -0.900. The summed E-state index contributed by atoms with van der Waals surface area (Å²) in [6, 6.07) is 9.97. The monoisotopic (exact) mass is 237 g/mol. The number of aliphatic hydroxyl groups is 1. The molecule has 3 heteroatoms. The van der Waals surface area contributed by atoms with Crippen LogP contribution in [0.4, 0.5) is 0 Å². The van der Waals surface area contributed by atoms with E-state index in [9.17, 15) is 5.11 Å². The number of hydrogen-bond acceptors (Lipinski definition) is 3. The molecule has 1 rings (SSSR count). The molecular weight excluding hydrogens is 214 g/mol. The third kappa shape index (κ3) is 7.10. The van der Waals surface area contributed by atoms with Crippen LogP contribution in [0.5, 0.6) is 0 Å². The van der Waals surface area contributed by atoms with Crippen LogP contribution in [0.3, 0.4) is 0 Å². The van der Waals surface area contributed by atoms with Gasteiger partial charge in [0.1, 0.15) is 0 Å². The molecule has 17 heavy (non-hydrogen) atoms. The Morgan fingerprint density at radius 1 is 1.24 bits per heavy atom. The van der Waals surface area contributed by atoms with Crippen LogP contribution in [0.1, 0.15) is 26.3 Å². The normalized spacial score (nSPS) is 13.6. The molecule has 0 amide bonds. The number of β-amino-alcohol motifs (C(OH)–C–C–N with tert-alkyl or cyclic N) is 1. The lowest BCUT2D eigenvalue weighted by Gasteiger charge is -2.22. The van der Waals surface area contributed by atoms with Crippen LogP contribution in [0.15, 0.2) is 30.3 Å². The quantitative estimate of drug-likeness (QED) is 0.794. The molecule has 0 aliphatic heterocycles. The summed E-state index contributed by atoms with van der Waals surface area (Å²) < 4.78 is 5.46. The Bertz CT molecular complexity index is 306. The first-order valence-corrected chi connectivity index (χ1v) is 6.02. The van der Waals surface area contributed by atoms with E-state index < -0.39 is 6.10 Å². The molecule has 0 saturated heterocycles. The molecule has 3 nitrogen and oxygen atoms in total. The van der Waals surface area contributed by atoms with Crippen LogP contribution in [0, 0.1) is 0 Å². The van der Waals surface area contributed by atoms with Gasteiger partial charge in [-0.2, -0.15) is 0 Å². The minimum atomic E-state index is -0.460. The zero-order valence-electron chi connectivity index (χ0n) is 10.9. The van der Waals surface area contributed by atoms with E-state index in [0.717, 1.165) is 5.56 Å². The van der Waals surface area contributed by atoms with Gasteiger partial charge in [0.25, 0.3) is 0 Å². The van der Waals surface area contributed by atoms with E-state index in [1.807, 2.05) is 30.3 Å². The fourth-order valence-electron chi connectivity index (χ4n) is 1.37. The Morgan fingerprint density at radius 2 is 1.88 bits per heavy atom. The second-order valence-electron chi connectivity index (χ2n) is 5.29. The molecule has 0 fully saturated rings. The molecule has 1 atom stereocenters. The van der Waals surface area contributed by atoms with Gasteiger partial charge >= 0.3 is 0 Å². The lowest BCUT2D eigenvalue weighted by molar-refractivity contribution is 0.0262. The molecule has 0 spiro atoms. The minimum Gasteiger partial charge on any atom is -0.389 e. The van der Waals surface area contributed by atoms with Crippen molar-refractivity contribution in [2.75, 3.05) is 13.2 Å². The number of ether oxygens (including phenoxy) is 1. The molecule has 1 aromatic rings. The lowest BCUT2D eigenvalue weighted by atomic mass is 10.1. The first-order chi connectivity index (χ1) is 7.97. The molecule has 0 aliphatic carbocycles. The summed E-state index contributed by atoms with van der Waals surface area (Å²) in [6.07, 6.45) is -0.460. The largest absolute Gasteiger partial charge is 0.389 e. The van der Waals surface area contributed by atoms with Crippen molar-refractivity contribution in [3.05, 3.63) is 35.9 Å². The van der Waals surface area contributed by atoms with E-state index in [0.29, 0.717) is 19.8 Å². The van der Waals surface area contributed by atoms with E-state index in [1.54, 1.807) is 0 Å². The molecule has 0 aliphatic rings. The predicted octanol–water partition coefficient (Wildman–Crippen LogP) is 1.95. The zero-order chi connectivity index (χ0) is 12.7. The number of benzene rings is 1. The summed E-state index contributed by atoms with van der Waals surface area (Å²) in [4.78, 5) is 0. The third-order valence-electron chi connectivity index (χ3n) is 2.29. The zero-order valence-corrected chi connectivity index (χ0v) is 10.9. The maximum atomic E-state index is 9.70. The average Bonchev–Trinajstić information content (AvgIpc) is 2.27. The molecule has 0 radical (unpaired) electrons. The molecular formula is C14H23NO2. The van der Waals surface area contributed by atoms with Crippen molar-refractivity contribution < 1.29 is 9.84 Å². The summed E-state index contributed by atoms with van der Waals surface area (Å²) in [5, 5.41) is 12.9. The first kappa shape index (κ1) is 14.2. The third-order valence-corrected chi connectivity index (χ3v) is 2.29. The fraction of sp³-hybridized carbons (Fsp3) is 0.571. The summed E-state index contributed by atoms with van der Waals surface area (Å²) in [7, 11) is 0. The highest BCUT2D eigenvalue weighted by molar-refractivity contribution is 5.13. The molecule has 0 heterocycles. The van der Waals surface area contributed by atoms with Gasteiger partial charge < -0.3 is 15.2 Å². The second-order valence-corrected chi connectivity index (χ2v) is 5.29. The van der Waals surface area contributed by atoms with Gasteiger partial charge in [-0.05, 0) is 26.3 Å². The van der Waals surface area contributed by atoms with Gasteiger partial charge in [-0.25, -0.2) is 0 Å². The van der Waals surface area contributed by atoms with Crippen LogP contribution in [-0.4, -0.2) is 29.9 Å². The van der Waals surface area contributed by atoms with Crippen LogP contribution in [0.25, 0.3) is 0 Å². The van der Waals surface area contributed by atoms with Gasteiger partial charge in [0.15, 0.2) is 0 Å². The highest BCUT2D eigenvalue weighted by atomic mass is 16.5. The van der Waals surface area contributed by atoms with Crippen molar-refractivity contribution in [2.24, 2.45) is 0 Å². The number of rotatable bonds is 6. The Labute approximate surface area is 104 Å². The van der Waals surface area contributed by atoms with Gasteiger partial charge in [-0.15, -0.1) is 0 Å². The highest BCUT2D eigenvalue weighted by Gasteiger charge is 2.11. The van der Waals surface area contributed by atoms with Crippen molar-refractivity contribution in [1.29, 1.82) is 0 Å². The van der Waals surface area contributed by atoms with E-state index in [2.05, 4.69) is 26.1 Å². The molecule has 2 N–H and O–H groups in total. The van der Waals surface area contributed by atoms with Crippen molar-refractivity contribution >= 4 is 0 Å². The van der Waals surface area contributed by atoms with Crippen LogP contribution >= 0.6 is 0 Å². The smallest absolute Gasteiger partial charge is 0.0898 e. The Balaban J connectivity index is 2.14. The number of nitrogens with one attached hydrogen (secondary N) is 1. The molecule has 96 valence electrons. The Kier molecular flexibility index (Phi) is 5.62. The molecule has 0 saturated carbocycles. The topological polar surface area (TPSA) is 41.5 Å². The van der Waals surface area contributed by atoms with Crippen molar-refractivity contribution in [2.45, 2.75) is 39.0 Å². The number of hydrogen-bond donors (Lipinski definition) is 2. The van der Waals surface area contributed by atoms with Gasteiger partial charge in [0, 0.05) is 12.1 Å². The highest BCUT2D eigenvalue weighted by Crippen LogP contribution is 2.02. The summed E-state index contributed by atoms with van der Waals surface area (Å²) in [5.41, 5.74) is 1.16. The van der Waals surface area contributed by atoms with Gasteiger partial charge in [-0.3, -0.25) is 0 Å². The Morgan fingerprint density at radius 3 is 2.47 bits per heavy atom. The summed E-state index contributed by atoms with van der Waals surface area (Å²) in [6.45, 7) is 7.68. The van der Waals surface area contributed by atoms with Crippen molar-refractivity contribution in [3.8, 4) is 0 Å². The summed E-state index contributed by atoms with van der Waals surface area (Å²) in [5.74, 6) is 0. The minimum absolute atomic E-state index is 0.0282.